The van der Waals surface area contributed by atoms with Crippen LogP contribution in [0.4, 0.5) is 0 Å². The molecule has 0 heterocycles. The van der Waals surface area contributed by atoms with Crippen LogP contribution in [0.1, 0.15) is 17.0 Å². The Kier molecular flexibility index (Phi) is 4.27. The highest BCUT2D eigenvalue weighted by atomic mass is 16.3. The zero-order chi connectivity index (χ0) is 14.4. The Morgan fingerprint density at radius 3 is 2.00 bits per heavy atom. The van der Waals surface area contributed by atoms with Crippen LogP contribution >= 0.6 is 0 Å². The Hall–Kier alpha value is -2.91. The normalized spacial score (nSPS) is 10.9. The molecular formula is C17H13NO2. The second-order valence-corrected chi connectivity index (χ2v) is 4.40. The average molecular weight is 263 g/mol. The summed E-state index contributed by atoms with van der Waals surface area (Å²) in [6.07, 6.45) is 0.639. The molecule has 0 amide bonds. The number of phenolic OH excluding ortho intramolecular Hbond substituents is 2. The maximum absolute atomic E-state index is 9.32. The van der Waals surface area contributed by atoms with Crippen LogP contribution in [0.3, 0.4) is 0 Å². The molecule has 0 aliphatic carbocycles. The maximum Gasteiger partial charge on any atom is 0.152 e. The van der Waals surface area contributed by atoms with E-state index in [2.05, 4.69) is 11.8 Å². The highest BCUT2D eigenvalue weighted by Gasteiger charge is 2.10. The van der Waals surface area contributed by atoms with E-state index in [0.717, 1.165) is 11.1 Å². The average Bonchev–Trinajstić information content (AvgIpc) is 2.46. The summed E-state index contributed by atoms with van der Waals surface area (Å²) >= 11 is 0. The van der Waals surface area contributed by atoms with Gasteiger partial charge in [-0.2, -0.15) is 5.26 Å². The molecule has 0 aliphatic heterocycles. The van der Waals surface area contributed by atoms with E-state index in [1.165, 1.54) is 0 Å². The molecule has 0 bridgehead atoms. The van der Waals surface area contributed by atoms with Crippen molar-refractivity contribution in [3.63, 3.8) is 0 Å². The largest absolute Gasteiger partial charge is 0.508 e. The molecule has 0 saturated heterocycles. The van der Waals surface area contributed by atoms with Gasteiger partial charge in [-0.3, -0.25) is 0 Å². The number of phenols is 2. The monoisotopic (exact) mass is 263 g/mol. The zero-order valence-electron chi connectivity index (χ0n) is 10.7. The van der Waals surface area contributed by atoms with Crippen molar-refractivity contribution >= 4 is 0 Å². The molecule has 0 radical (unpaired) electrons. The van der Waals surface area contributed by atoms with E-state index in [4.69, 9.17) is 5.26 Å². The summed E-state index contributed by atoms with van der Waals surface area (Å²) in [5, 5.41) is 27.2. The topological polar surface area (TPSA) is 64.2 Å². The number of rotatable bonds is 3. The van der Waals surface area contributed by atoms with E-state index < -0.39 is 0 Å². The van der Waals surface area contributed by atoms with E-state index in [9.17, 15) is 10.2 Å². The first-order valence-corrected chi connectivity index (χ1v) is 6.15. The van der Waals surface area contributed by atoms with Crippen LogP contribution in [0.2, 0.25) is 0 Å². The summed E-state index contributed by atoms with van der Waals surface area (Å²) in [7, 11) is 0. The van der Waals surface area contributed by atoms with Gasteiger partial charge in [0.25, 0.3) is 0 Å². The Balaban J connectivity index is 2.26. The highest BCUT2D eigenvalue weighted by Crippen LogP contribution is 2.23. The van der Waals surface area contributed by atoms with Crippen molar-refractivity contribution in [2.24, 2.45) is 0 Å². The summed E-state index contributed by atoms with van der Waals surface area (Å²) in [5.41, 5.74) is 1.96. The second kappa shape index (κ2) is 6.31. The predicted molar refractivity (Wildman–Crippen MR) is 76.0 cm³/mol. The Labute approximate surface area is 117 Å². The number of aromatic hydroxyl groups is 2. The molecule has 2 aromatic rings. The zero-order valence-corrected chi connectivity index (χ0v) is 10.7. The molecule has 3 heteroatoms. The van der Waals surface area contributed by atoms with Gasteiger partial charge in [0.2, 0.25) is 0 Å². The molecule has 3 nitrogen and oxygen atoms in total. The summed E-state index contributed by atoms with van der Waals surface area (Å²) in [4.78, 5) is 0. The quantitative estimate of drug-likeness (QED) is 0.837. The molecule has 2 aromatic carbocycles. The lowest BCUT2D eigenvalue weighted by Gasteiger charge is -2.11. The minimum atomic E-state index is -0.125. The van der Waals surface area contributed by atoms with Gasteiger partial charge < -0.3 is 10.2 Å². The van der Waals surface area contributed by atoms with Crippen molar-refractivity contribution in [1.29, 1.82) is 5.26 Å². The number of hydrogen-bond donors (Lipinski definition) is 2. The Morgan fingerprint density at radius 1 is 0.900 bits per heavy atom. The fourth-order valence-corrected chi connectivity index (χ4v) is 1.95. The fraction of sp³-hybridized carbons (Fsp3) is 0.118. The van der Waals surface area contributed by atoms with Crippen LogP contribution in [0.15, 0.2) is 48.5 Å². The molecule has 0 saturated carbocycles. The van der Waals surface area contributed by atoms with Crippen molar-refractivity contribution in [1.82, 2.24) is 0 Å². The smallest absolute Gasteiger partial charge is 0.152 e. The molecule has 0 unspecified atom stereocenters. The molecular weight excluding hydrogens is 250 g/mol. The summed E-state index contributed by atoms with van der Waals surface area (Å²) in [5.74, 6) is 5.64. The van der Waals surface area contributed by atoms with E-state index in [0.29, 0.717) is 6.42 Å². The van der Waals surface area contributed by atoms with Crippen molar-refractivity contribution < 1.29 is 10.2 Å². The molecule has 0 aromatic heterocycles. The Morgan fingerprint density at radius 2 is 1.45 bits per heavy atom. The molecule has 2 rings (SSSR count). The number of benzene rings is 2. The van der Waals surface area contributed by atoms with Crippen LogP contribution in [-0.4, -0.2) is 10.2 Å². The van der Waals surface area contributed by atoms with Gasteiger partial charge in [-0.05, 0) is 41.8 Å². The van der Waals surface area contributed by atoms with E-state index >= 15 is 0 Å². The number of nitrogens with zero attached hydrogens (tertiary/aromatic N) is 1. The van der Waals surface area contributed by atoms with E-state index in [1.54, 1.807) is 36.4 Å². The molecule has 0 aliphatic rings. The third-order valence-electron chi connectivity index (χ3n) is 2.97. The Bertz CT molecular complexity index is 670. The predicted octanol–water partition coefficient (Wildman–Crippen LogP) is 2.95. The van der Waals surface area contributed by atoms with Gasteiger partial charge in [-0.1, -0.05) is 30.2 Å². The summed E-state index contributed by atoms with van der Waals surface area (Å²) < 4.78 is 0. The van der Waals surface area contributed by atoms with Crippen LogP contribution in [0, 0.1) is 23.2 Å². The lowest BCUT2D eigenvalue weighted by molar-refractivity contribution is 0.474. The van der Waals surface area contributed by atoms with Gasteiger partial charge in [0.15, 0.2) is 6.07 Å². The molecule has 0 spiro atoms. The van der Waals surface area contributed by atoms with Crippen LogP contribution < -0.4 is 0 Å². The molecule has 2 N–H and O–H groups in total. The molecule has 20 heavy (non-hydrogen) atoms. The lowest BCUT2D eigenvalue weighted by Crippen LogP contribution is -2.00. The van der Waals surface area contributed by atoms with Crippen LogP contribution in [0.5, 0.6) is 11.5 Å². The maximum atomic E-state index is 9.32. The summed E-state index contributed by atoms with van der Waals surface area (Å²) in [6.45, 7) is 0. The van der Waals surface area contributed by atoms with Gasteiger partial charge in [0.1, 0.15) is 11.5 Å². The minimum Gasteiger partial charge on any atom is -0.508 e. The molecule has 98 valence electrons. The van der Waals surface area contributed by atoms with Crippen molar-refractivity contribution in [2.45, 2.75) is 12.3 Å². The number of hydrogen-bond acceptors (Lipinski definition) is 3. The SMILES string of the molecule is N#CC#C[C@H](Cc1ccc(O)cc1)c1ccc(O)cc1. The molecule has 1 atom stereocenters. The second-order valence-electron chi connectivity index (χ2n) is 4.40. The van der Waals surface area contributed by atoms with Gasteiger partial charge in [-0.15, -0.1) is 0 Å². The lowest BCUT2D eigenvalue weighted by atomic mass is 9.92. The van der Waals surface area contributed by atoms with Gasteiger partial charge >= 0.3 is 0 Å². The highest BCUT2D eigenvalue weighted by molar-refractivity contribution is 5.37. The van der Waals surface area contributed by atoms with Gasteiger partial charge in [0, 0.05) is 5.92 Å². The minimum absolute atomic E-state index is 0.125. The van der Waals surface area contributed by atoms with Crippen LogP contribution in [-0.2, 0) is 6.42 Å². The first-order valence-electron chi connectivity index (χ1n) is 6.15. The molecule has 0 fully saturated rings. The van der Waals surface area contributed by atoms with Crippen molar-refractivity contribution in [3.8, 4) is 29.4 Å². The van der Waals surface area contributed by atoms with Crippen molar-refractivity contribution in [2.75, 3.05) is 0 Å². The van der Waals surface area contributed by atoms with E-state index in [1.807, 2.05) is 18.2 Å². The van der Waals surface area contributed by atoms with Gasteiger partial charge in [-0.25, -0.2) is 0 Å². The van der Waals surface area contributed by atoms with E-state index in [-0.39, 0.29) is 17.4 Å². The third kappa shape index (κ3) is 3.54. The fourth-order valence-electron chi connectivity index (χ4n) is 1.95. The third-order valence-corrected chi connectivity index (χ3v) is 2.97. The standard InChI is InChI=1S/C17H13NO2/c18-11-1-2-15(14-5-9-17(20)10-6-14)12-13-3-7-16(19)8-4-13/h3-10,15,19-20H,12H2/t15-/m1/s1. The van der Waals surface area contributed by atoms with Gasteiger partial charge in [0.05, 0.1) is 5.92 Å². The van der Waals surface area contributed by atoms with Crippen LogP contribution in [0.25, 0.3) is 0 Å². The number of nitriles is 1. The van der Waals surface area contributed by atoms with Crippen molar-refractivity contribution in [3.05, 3.63) is 59.7 Å². The first-order chi connectivity index (χ1) is 9.69. The summed E-state index contributed by atoms with van der Waals surface area (Å²) in [6, 6.07) is 15.5. The first kappa shape index (κ1) is 13.5.